The number of hydrogen-bond donors (Lipinski definition) is 0. The van der Waals surface area contributed by atoms with Crippen molar-refractivity contribution in [3.8, 4) is 0 Å². The first-order valence-corrected chi connectivity index (χ1v) is 14.8. The van der Waals surface area contributed by atoms with Gasteiger partial charge in [-0.05, 0) is 89.2 Å². The van der Waals surface area contributed by atoms with E-state index in [-0.39, 0.29) is 18.3 Å². The second kappa shape index (κ2) is 12.4. The molecular formula is C30H44BBrN2O2. The van der Waals surface area contributed by atoms with Gasteiger partial charge in [-0.2, -0.15) is 0 Å². The number of hydrogen-bond acceptors (Lipinski definition) is 4. The second-order valence-corrected chi connectivity index (χ2v) is 12.4. The molecule has 6 heteroatoms. The number of nitrogens with zero attached hydrogens (tertiary/aromatic N) is 2. The fourth-order valence-electron chi connectivity index (χ4n) is 5.18. The van der Waals surface area contributed by atoms with Gasteiger partial charge in [-0.15, -0.1) is 0 Å². The molecule has 2 aromatic rings. The van der Waals surface area contributed by atoms with E-state index in [1.165, 1.54) is 80.3 Å². The summed E-state index contributed by atoms with van der Waals surface area (Å²) >= 11 is 3.52. The van der Waals surface area contributed by atoms with Crippen LogP contribution in [-0.2, 0) is 9.31 Å². The molecule has 5 rings (SSSR count). The Hall–Kier alpha value is -1.50. The van der Waals surface area contributed by atoms with Crippen molar-refractivity contribution in [1.29, 1.82) is 0 Å². The third-order valence-corrected chi connectivity index (χ3v) is 8.64. The smallest absolute Gasteiger partial charge is 0.399 e. The van der Waals surface area contributed by atoms with Crippen LogP contribution in [0.2, 0.25) is 0 Å². The molecule has 0 aliphatic carbocycles. The largest absolute Gasteiger partial charge is 0.494 e. The van der Waals surface area contributed by atoms with Gasteiger partial charge in [0.2, 0.25) is 0 Å². The van der Waals surface area contributed by atoms with E-state index in [0.29, 0.717) is 0 Å². The molecule has 0 aromatic heterocycles. The van der Waals surface area contributed by atoms with Crippen LogP contribution in [0.5, 0.6) is 0 Å². The molecule has 0 spiro atoms. The average Bonchev–Trinajstić information content (AvgIpc) is 3.18. The molecule has 2 aromatic carbocycles. The quantitative estimate of drug-likeness (QED) is 0.374. The van der Waals surface area contributed by atoms with Crippen LogP contribution in [0.4, 0.5) is 11.4 Å². The van der Waals surface area contributed by atoms with Gasteiger partial charge in [0.25, 0.3) is 0 Å². The van der Waals surface area contributed by atoms with Gasteiger partial charge in [-0.1, -0.05) is 59.8 Å². The van der Waals surface area contributed by atoms with Gasteiger partial charge in [0.05, 0.1) is 11.2 Å². The maximum atomic E-state index is 6.18. The molecular weight excluding hydrogens is 511 g/mol. The monoisotopic (exact) mass is 554 g/mol. The van der Waals surface area contributed by atoms with Crippen LogP contribution in [-0.4, -0.2) is 44.5 Å². The topological polar surface area (TPSA) is 24.9 Å². The first-order chi connectivity index (χ1) is 17.2. The molecule has 3 saturated heterocycles. The van der Waals surface area contributed by atoms with Crippen molar-refractivity contribution in [3.05, 3.63) is 53.0 Å². The van der Waals surface area contributed by atoms with Gasteiger partial charge < -0.3 is 19.1 Å². The minimum Gasteiger partial charge on any atom is -0.399 e. The highest BCUT2D eigenvalue weighted by molar-refractivity contribution is 9.10. The van der Waals surface area contributed by atoms with Crippen molar-refractivity contribution in [2.24, 2.45) is 0 Å². The summed E-state index contributed by atoms with van der Waals surface area (Å²) in [4.78, 5) is 5.00. The van der Waals surface area contributed by atoms with Gasteiger partial charge in [0.15, 0.2) is 0 Å². The summed E-state index contributed by atoms with van der Waals surface area (Å²) in [6.45, 7) is 13.2. The van der Waals surface area contributed by atoms with Crippen LogP contribution in [0.25, 0.3) is 0 Å². The Labute approximate surface area is 228 Å². The summed E-state index contributed by atoms with van der Waals surface area (Å²) < 4.78 is 13.5. The third kappa shape index (κ3) is 7.08. The molecule has 196 valence electrons. The molecule has 0 saturated carbocycles. The van der Waals surface area contributed by atoms with Crippen LogP contribution in [0.3, 0.4) is 0 Å². The number of halogens is 1. The SMILES string of the molecule is Brc1cccc(N2CCCCCC2)c1.CC1(C)OB(c2cccc(N3CCCCCC3)c2)OC1(C)C. The molecule has 0 N–H and O–H groups in total. The van der Waals surface area contributed by atoms with Gasteiger partial charge in [0.1, 0.15) is 0 Å². The lowest BCUT2D eigenvalue weighted by Crippen LogP contribution is -2.41. The molecule has 0 amide bonds. The van der Waals surface area contributed by atoms with Crippen LogP contribution in [0.15, 0.2) is 53.0 Å². The van der Waals surface area contributed by atoms with E-state index >= 15 is 0 Å². The molecule has 3 aliphatic rings. The Bertz CT molecular complexity index is 951. The summed E-state index contributed by atoms with van der Waals surface area (Å²) in [6.07, 6.45) is 10.8. The molecule has 3 fully saturated rings. The normalized spacial score (nSPS) is 21.9. The number of rotatable bonds is 3. The Morgan fingerprint density at radius 3 is 1.56 bits per heavy atom. The summed E-state index contributed by atoms with van der Waals surface area (Å²) in [5.74, 6) is 0. The Morgan fingerprint density at radius 2 is 1.08 bits per heavy atom. The highest BCUT2D eigenvalue weighted by Gasteiger charge is 2.51. The third-order valence-electron chi connectivity index (χ3n) is 8.15. The zero-order valence-electron chi connectivity index (χ0n) is 22.8. The molecule has 0 bridgehead atoms. The van der Waals surface area contributed by atoms with Crippen LogP contribution >= 0.6 is 15.9 Å². The highest BCUT2D eigenvalue weighted by atomic mass is 79.9. The molecule has 3 aliphatic heterocycles. The van der Waals surface area contributed by atoms with E-state index in [1.54, 1.807) is 0 Å². The fraction of sp³-hybridized carbons (Fsp3) is 0.600. The minimum absolute atomic E-state index is 0.267. The predicted octanol–water partition coefficient (Wildman–Crippen LogP) is 7.20. The van der Waals surface area contributed by atoms with E-state index in [2.05, 4.69) is 102 Å². The first kappa shape index (κ1) is 27.5. The number of anilines is 2. The maximum Gasteiger partial charge on any atom is 0.494 e. The van der Waals surface area contributed by atoms with Crippen molar-refractivity contribution >= 4 is 39.9 Å². The maximum absolute atomic E-state index is 6.18. The van der Waals surface area contributed by atoms with Gasteiger partial charge >= 0.3 is 7.12 Å². The molecule has 3 heterocycles. The Morgan fingerprint density at radius 1 is 0.639 bits per heavy atom. The van der Waals surface area contributed by atoms with Crippen LogP contribution < -0.4 is 15.3 Å². The Balaban J connectivity index is 0.000000187. The van der Waals surface area contributed by atoms with Gasteiger partial charge in [-0.25, -0.2) is 0 Å². The average molecular weight is 555 g/mol. The summed E-state index contributed by atoms with van der Waals surface area (Å²) in [6, 6.07) is 17.3. The van der Waals surface area contributed by atoms with Crippen molar-refractivity contribution < 1.29 is 9.31 Å². The standard InChI is InChI=1S/C18H28BNO2.C12H16BrN/c1-17(2)18(3,4)22-19(21-17)15-10-9-11-16(14-15)20-12-7-5-6-8-13-20;13-11-6-5-7-12(10-11)14-8-3-1-2-4-9-14/h9-11,14H,5-8,12-13H2,1-4H3;5-7,10H,1-4,8-9H2. The summed E-state index contributed by atoms with van der Waals surface area (Å²) in [5.41, 5.74) is 3.22. The van der Waals surface area contributed by atoms with E-state index in [0.717, 1.165) is 18.6 Å². The van der Waals surface area contributed by atoms with Crippen molar-refractivity contribution in [3.63, 3.8) is 0 Å². The highest BCUT2D eigenvalue weighted by Crippen LogP contribution is 2.36. The van der Waals surface area contributed by atoms with E-state index in [9.17, 15) is 0 Å². The van der Waals surface area contributed by atoms with Crippen molar-refractivity contribution in [1.82, 2.24) is 0 Å². The van der Waals surface area contributed by atoms with Gasteiger partial charge in [-0.3, -0.25) is 0 Å². The van der Waals surface area contributed by atoms with E-state index in [1.807, 2.05) is 0 Å². The van der Waals surface area contributed by atoms with Crippen LogP contribution in [0.1, 0.15) is 79.1 Å². The molecule has 0 radical (unpaired) electrons. The van der Waals surface area contributed by atoms with E-state index in [4.69, 9.17) is 9.31 Å². The Kier molecular flexibility index (Phi) is 9.46. The zero-order valence-corrected chi connectivity index (χ0v) is 24.4. The lowest BCUT2D eigenvalue weighted by atomic mass is 9.79. The summed E-state index contributed by atoms with van der Waals surface area (Å²) in [7, 11) is -0.267. The summed E-state index contributed by atoms with van der Waals surface area (Å²) in [5, 5.41) is 0. The van der Waals surface area contributed by atoms with E-state index < -0.39 is 0 Å². The molecule has 0 atom stereocenters. The van der Waals surface area contributed by atoms with Crippen molar-refractivity contribution in [2.75, 3.05) is 36.0 Å². The fourth-order valence-corrected chi connectivity index (χ4v) is 5.56. The van der Waals surface area contributed by atoms with Crippen molar-refractivity contribution in [2.45, 2.75) is 90.3 Å². The lowest BCUT2D eigenvalue weighted by Gasteiger charge is -2.32. The first-order valence-electron chi connectivity index (χ1n) is 14.0. The predicted molar refractivity (Wildman–Crippen MR) is 158 cm³/mol. The molecule has 0 unspecified atom stereocenters. The molecule has 4 nitrogen and oxygen atoms in total. The second-order valence-electron chi connectivity index (χ2n) is 11.5. The molecule has 36 heavy (non-hydrogen) atoms. The zero-order chi connectivity index (χ0) is 25.6. The minimum atomic E-state index is -0.281. The van der Waals surface area contributed by atoms with Crippen LogP contribution in [0, 0.1) is 0 Å². The number of benzene rings is 2. The lowest BCUT2D eigenvalue weighted by molar-refractivity contribution is 0.00578. The van der Waals surface area contributed by atoms with Gasteiger partial charge in [0, 0.05) is 42.0 Å².